The first-order valence-corrected chi connectivity index (χ1v) is 7.95. The van der Waals surface area contributed by atoms with Gasteiger partial charge in [-0.3, -0.25) is 0 Å². The van der Waals surface area contributed by atoms with E-state index in [2.05, 4.69) is 50.4 Å². The van der Waals surface area contributed by atoms with Crippen molar-refractivity contribution in [2.24, 2.45) is 5.41 Å². The van der Waals surface area contributed by atoms with Crippen LogP contribution in [0.5, 0.6) is 5.75 Å². The molecule has 1 N–H and O–H groups in total. The number of para-hydroxylation sites is 1. The summed E-state index contributed by atoms with van der Waals surface area (Å²) in [7, 11) is 0. The molecule has 1 heterocycles. The third-order valence-corrected chi connectivity index (χ3v) is 4.78. The molecule has 0 spiro atoms. The van der Waals surface area contributed by atoms with Crippen molar-refractivity contribution in [1.29, 1.82) is 0 Å². The van der Waals surface area contributed by atoms with E-state index in [1.807, 2.05) is 0 Å². The number of ether oxygens (including phenoxy) is 1. The molecule has 20 heavy (non-hydrogen) atoms. The second-order valence-electron chi connectivity index (χ2n) is 7.71. The van der Waals surface area contributed by atoms with Crippen molar-refractivity contribution in [3.63, 3.8) is 0 Å². The van der Waals surface area contributed by atoms with Gasteiger partial charge in [-0.25, -0.2) is 0 Å². The fourth-order valence-corrected chi connectivity index (χ4v) is 3.43. The van der Waals surface area contributed by atoms with Crippen molar-refractivity contribution in [1.82, 2.24) is 5.32 Å². The van der Waals surface area contributed by atoms with Gasteiger partial charge >= 0.3 is 0 Å². The topological polar surface area (TPSA) is 21.3 Å². The van der Waals surface area contributed by atoms with Crippen molar-refractivity contribution in [2.75, 3.05) is 6.54 Å². The van der Waals surface area contributed by atoms with Crippen LogP contribution in [0.1, 0.15) is 52.0 Å². The average molecular weight is 273 g/mol. The highest BCUT2D eigenvalue weighted by Gasteiger charge is 2.41. The molecule has 1 aliphatic carbocycles. The predicted molar refractivity (Wildman–Crippen MR) is 83.2 cm³/mol. The molecule has 0 bridgehead atoms. The van der Waals surface area contributed by atoms with Crippen LogP contribution in [0.3, 0.4) is 0 Å². The SMILES string of the molecule is CC(C)(C)NCC1(CC2Cc3ccccc3O2)CCC1. The minimum atomic E-state index is 0.210. The Kier molecular flexibility index (Phi) is 3.53. The van der Waals surface area contributed by atoms with Gasteiger partial charge in [0.05, 0.1) is 0 Å². The maximum absolute atomic E-state index is 6.14. The first-order valence-electron chi connectivity index (χ1n) is 7.95. The highest BCUT2D eigenvalue weighted by atomic mass is 16.5. The zero-order valence-electron chi connectivity index (χ0n) is 13.0. The summed E-state index contributed by atoms with van der Waals surface area (Å²) in [6.45, 7) is 7.89. The van der Waals surface area contributed by atoms with Crippen LogP contribution < -0.4 is 10.1 Å². The average Bonchev–Trinajstić information content (AvgIpc) is 2.73. The van der Waals surface area contributed by atoms with E-state index in [0.29, 0.717) is 11.5 Å². The molecule has 2 aliphatic rings. The molecule has 1 saturated carbocycles. The van der Waals surface area contributed by atoms with E-state index < -0.39 is 0 Å². The summed E-state index contributed by atoms with van der Waals surface area (Å²) in [5, 5.41) is 3.70. The van der Waals surface area contributed by atoms with Crippen LogP contribution in [0.2, 0.25) is 0 Å². The Balaban J connectivity index is 1.60. The Morgan fingerprint density at radius 1 is 1.25 bits per heavy atom. The number of fused-ring (bicyclic) bond motifs is 1. The van der Waals surface area contributed by atoms with E-state index in [-0.39, 0.29) is 5.54 Å². The van der Waals surface area contributed by atoms with Gasteiger partial charge in [-0.2, -0.15) is 0 Å². The minimum absolute atomic E-state index is 0.210. The third kappa shape index (κ3) is 3.01. The Hall–Kier alpha value is -1.02. The summed E-state index contributed by atoms with van der Waals surface area (Å²) in [4.78, 5) is 0. The summed E-state index contributed by atoms with van der Waals surface area (Å²) in [5.41, 5.74) is 2.07. The van der Waals surface area contributed by atoms with Crippen LogP contribution in [-0.2, 0) is 6.42 Å². The van der Waals surface area contributed by atoms with Gasteiger partial charge in [0, 0.05) is 18.5 Å². The highest BCUT2D eigenvalue weighted by Crippen LogP contribution is 2.46. The van der Waals surface area contributed by atoms with E-state index in [4.69, 9.17) is 4.74 Å². The van der Waals surface area contributed by atoms with Crippen LogP contribution in [-0.4, -0.2) is 18.2 Å². The van der Waals surface area contributed by atoms with Gasteiger partial charge in [0.1, 0.15) is 11.9 Å². The lowest BCUT2D eigenvalue weighted by Gasteiger charge is -2.45. The molecule has 3 rings (SSSR count). The van der Waals surface area contributed by atoms with Crippen LogP contribution in [0, 0.1) is 5.41 Å². The minimum Gasteiger partial charge on any atom is -0.490 e. The van der Waals surface area contributed by atoms with Crippen molar-refractivity contribution in [3.05, 3.63) is 29.8 Å². The van der Waals surface area contributed by atoms with Gasteiger partial charge in [-0.05, 0) is 57.1 Å². The van der Waals surface area contributed by atoms with Crippen LogP contribution >= 0.6 is 0 Å². The number of hydrogen-bond acceptors (Lipinski definition) is 2. The first-order chi connectivity index (χ1) is 9.46. The van der Waals surface area contributed by atoms with Crippen LogP contribution in [0.25, 0.3) is 0 Å². The van der Waals surface area contributed by atoms with E-state index >= 15 is 0 Å². The van der Waals surface area contributed by atoms with Crippen molar-refractivity contribution >= 4 is 0 Å². The maximum atomic E-state index is 6.14. The summed E-state index contributed by atoms with van der Waals surface area (Å²) in [6, 6.07) is 8.50. The Labute approximate surface area is 122 Å². The summed E-state index contributed by atoms with van der Waals surface area (Å²) in [5.74, 6) is 1.11. The molecule has 1 aromatic carbocycles. The number of hydrogen-bond donors (Lipinski definition) is 1. The molecular weight excluding hydrogens is 246 g/mol. The fourth-order valence-electron chi connectivity index (χ4n) is 3.43. The van der Waals surface area contributed by atoms with E-state index in [1.165, 1.54) is 31.2 Å². The second-order valence-corrected chi connectivity index (χ2v) is 7.71. The van der Waals surface area contributed by atoms with Gasteiger partial charge in [0.2, 0.25) is 0 Å². The van der Waals surface area contributed by atoms with E-state index in [1.54, 1.807) is 0 Å². The Bertz CT molecular complexity index is 446. The lowest BCUT2D eigenvalue weighted by molar-refractivity contribution is 0.0547. The van der Waals surface area contributed by atoms with Gasteiger partial charge in [-0.15, -0.1) is 0 Å². The highest BCUT2D eigenvalue weighted by molar-refractivity contribution is 5.37. The lowest BCUT2D eigenvalue weighted by Crippen LogP contribution is -2.48. The standard InChI is InChI=1S/C18H27NO/c1-17(2,3)19-13-18(9-6-10-18)12-15-11-14-7-4-5-8-16(14)20-15/h4-5,7-8,15,19H,6,9-13H2,1-3H3. The Morgan fingerprint density at radius 3 is 2.60 bits per heavy atom. The third-order valence-electron chi connectivity index (χ3n) is 4.78. The quantitative estimate of drug-likeness (QED) is 0.897. The molecule has 0 saturated heterocycles. The summed E-state index contributed by atoms with van der Waals surface area (Å²) in [6.07, 6.45) is 6.76. The number of rotatable bonds is 4. The number of benzene rings is 1. The number of nitrogens with one attached hydrogen (secondary N) is 1. The van der Waals surface area contributed by atoms with E-state index in [9.17, 15) is 0 Å². The molecule has 1 unspecified atom stereocenters. The molecule has 1 aromatic rings. The maximum Gasteiger partial charge on any atom is 0.123 e. The largest absolute Gasteiger partial charge is 0.490 e. The zero-order valence-corrected chi connectivity index (χ0v) is 13.0. The molecule has 2 nitrogen and oxygen atoms in total. The summed E-state index contributed by atoms with van der Waals surface area (Å²) >= 11 is 0. The normalized spacial score (nSPS) is 23.9. The molecule has 1 atom stereocenters. The monoisotopic (exact) mass is 273 g/mol. The molecule has 0 radical (unpaired) electrons. The molecule has 110 valence electrons. The lowest BCUT2D eigenvalue weighted by atomic mass is 9.65. The van der Waals surface area contributed by atoms with E-state index in [0.717, 1.165) is 18.7 Å². The van der Waals surface area contributed by atoms with Gasteiger partial charge in [0.15, 0.2) is 0 Å². The fraction of sp³-hybridized carbons (Fsp3) is 0.667. The second kappa shape index (κ2) is 5.07. The zero-order chi connectivity index (χ0) is 14.2. The molecule has 2 heteroatoms. The molecule has 0 aromatic heterocycles. The van der Waals surface area contributed by atoms with Crippen molar-refractivity contribution < 1.29 is 4.74 Å². The molecule has 1 aliphatic heterocycles. The van der Waals surface area contributed by atoms with Gasteiger partial charge in [-0.1, -0.05) is 24.6 Å². The Morgan fingerprint density at radius 2 is 2.00 bits per heavy atom. The van der Waals surface area contributed by atoms with Crippen LogP contribution in [0.15, 0.2) is 24.3 Å². The first kappa shape index (κ1) is 13.9. The predicted octanol–water partition coefficient (Wildman–Crippen LogP) is 3.94. The van der Waals surface area contributed by atoms with Gasteiger partial charge in [0.25, 0.3) is 0 Å². The smallest absolute Gasteiger partial charge is 0.123 e. The van der Waals surface area contributed by atoms with Crippen LogP contribution in [0.4, 0.5) is 0 Å². The van der Waals surface area contributed by atoms with Crippen molar-refractivity contribution in [2.45, 2.75) is 64.5 Å². The summed E-state index contributed by atoms with van der Waals surface area (Å²) < 4.78 is 6.14. The van der Waals surface area contributed by atoms with Crippen molar-refractivity contribution in [3.8, 4) is 5.75 Å². The molecule has 1 fully saturated rings. The molecule has 0 amide bonds. The van der Waals surface area contributed by atoms with Gasteiger partial charge < -0.3 is 10.1 Å². The molecular formula is C18H27NO.